The third-order valence-electron chi connectivity index (χ3n) is 2.95. The van der Waals surface area contributed by atoms with Gasteiger partial charge in [0.1, 0.15) is 5.69 Å². The molecule has 0 aliphatic rings. The van der Waals surface area contributed by atoms with E-state index in [1.165, 1.54) is 7.11 Å². The van der Waals surface area contributed by atoms with Gasteiger partial charge in [-0.05, 0) is 6.07 Å². The fourth-order valence-electron chi connectivity index (χ4n) is 2.05. The molecule has 3 rings (SSSR count). The zero-order chi connectivity index (χ0) is 13.4. The van der Waals surface area contributed by atoms with E-state index >= 15 is 0 Å². The maximum absolute atomic E-state index is 11.7. The van der Waals surface area contributed by atoms with Crippen molar-refractivity contribution in [3.63, 3.8) is 0 Å². The minimum atomic E-state index is -0.570. The summed E-state index contributed by atoms with van der Waals surface area (Å²) in [4.78, 5) is 14.8. The average molecular weight is 257 g/mol. The largest absolute Gasteiger partial charge is 0.465 e. The standard InChI is InChI=1S/C13H11N3O3/c1-18-13(17)10-11(16-19-12(10)14)8-6-15-9-5-3-2-4-7(8)9/h2-6,15H,14H2,1H3. The number of nitrogen functional groups attached to an aromatic ring is 1. The predicted molar refractivity (Wildman–Crippen MR) is 69.5 cm³/mol. The molecule has 3 N–H and O–H groups in total. The van der Waals surface area contributed by atoms with Gasteiger partial charge in [-0.2, -0.15) is 0 Å². The van der Waals surface area contributed by atoms with Gasteiger partial charge in [-0.25, -0.2) is 4.79 Å². The monoisotopic (exact) mass is 257 g/mol. The van der Waals surface area contributed by atoms with E-state index in [1.54, 1.807) is 6.20 Å². The van der Waals surface area contributed by atoms with Crippen LogP contribution in [0.5, 0.6) is 0 Å². The zero-order valence-corrected chi connectivity index (χ0v) is 10.1. The van der Waals surface area contributed by atoms with Crippen molar-refractivity contribution < 1.29 is 14.1 Å². The van der Waals surface area contributed by atoms with E-state index in [-0.39, 0.29) is 11.4 Å². The molecule has 0 aliphatic heterocycles. The Bertz CT molecular complexity index is 757. The number of rotatable bonds is 2. The molecule has 0 aliphatic carbocycles. The maximum Gasteiger partial charge on any atom is 0.345 e. The second-order valence-electron chi connectivity index (χ2n) is 4.01. The molecule has 0 unspecified atom stereocenters. The molecule has 6 nitrogen and oxygen atoms in total. The van der Waals surface area contributed by atoms with Gasteiger partial charge in [0.15, 0.2) is 5.56 Å². The first-order chi connectivity index (χ1) is 9.22. The van der Waals surface area contributed by atoms with E-state index in [9.17, 15) is 4.79 Å². The Morgan fingerprint density at radius 2 is 2.21 bits per heavy atom. The van der Waals surface area contributed by atoms with E-state index in [0.717, 1.165) is 16.5 Å². The second kappa shape index (κ2) is 4.16. The summed E-state index contributed by atoms with van der Waals surface area (Å²) in [6, 6.07) is 7.68. The summed E-state index contributed by atoms with van der Waals surface area (Å²) in [6.45, 7) is 0. The van der Waals surface area contributed by atoms with E-state index < -0.39 is 5.97 Å². The summed E-state index contributed by atoms with van der Waals surface area (Å²) in [6.07, 6.45) is 1.76. The number of fused-ring (bicyclic) bond motifs is 1. The van der Waals surface area contributed by atoms with Crippen LogP contribution in [0.4, 0.5) is 5.88 Å². The molecule has 0 amide bonds. The van der Waals surface area contributed by atoms with Gasteiger partial charge in [0.05, 0.1) is 7.11 Å². The van der Waals surface area contributed by atoms with E-state index in [4.69, 9.17) is 15.0 Å². The molecule has 0 spiro atoms. The van der Waals surface area contributed by atoms with Gasteiger partial charge >= 0.3 is 5.97 Å². The fraction of sp³-hybridized carbons (Fsp3) is 0.0769. The van der Waals surface area contributed by atoms with Crippen LogP contribution in [-0.2, 0) is 4.74 Å². The molecule has 2 heterocycles. The molecule has 0 saturated carbocycles. The Morgan fingerprint density at radius 3 is 3.00 bits per heavy atom. The number of hydrogen-bond acceptors (Lipinski definition) is 5. The summed E-state index contributed by atoms with van der Waals surface area (Å²) in [5.74, 6) is -0.619. The van der Waals surface area contributed by atoms with Crippen LogP contribution in [0.3, 0.4) is 0 Å². The van der Waals surface area contributed by atoms with Crippen LogP contribution in [-0.4, -0.2) is 23.2 Å². The number of hydrogen-bond donors (Lipinski definition) is 2. The molecular weight excluding hydrogens is 246 g/mol. The zero-order valence-electron chi connectivity index (χ0n) is 10.1. The van der Waals surface area contributed by atoms with Crippen molar-refractivity contribution >= 4 is 22.8 Å². The topological polar surface area (TPSA) is 94.1 Å². The number of aromatic amines is 1. The Morgan fingerprint density at radius 1 is 1.42 bits per heavy atom. The molecule has 0 radical (unpaired) electrons. The van der Waals surface area contributed by atoms with Gasteiger partial charge in [0.25, 0.3) is 0 Å². The molecular formula is C13H11N3O3. The van der Waals surface area contributed by atoms with E-state index in [0.29, 0.717) is 5.69 Å². The third kappa shape index (κ3) is 1.65. The number of aromatic nitrogens is 2. The lowest BCUT2D eigenvalue weighted by Gasteiger charge is -1.99. The molecule has 1 aromatic carbocycles. The Kier molecular flexibility index (Phi) is 2.49. The Balaban J connectivity index is 2.25. The molecule has 0 fully saturated rings. The molecule has 19 heavy (non-hydrogen) atoms. The lowest BCUT2D eigenvalue weighted by Crippen LogP contribution is -2.04. The molecule has 96 valence electrons. The predicted octanol–water partition coefficient (Wildman–Crippen LogP) is 2.19. The number of esters is 1. The minimum absolute atomic E-state index is 0.0490. The lowest BCUT2D eigenvalue weighted by atomic mass is 10.1. The molecule has 0 atom stereocenters. The first-order valence-electron chi connectivity index (χ1n) is 5.62. The van der Waals surface area contributed by atoms with Crippen LogP contribution in [0, 0.1) is 0 Å². The number of anilines is 1. The van der Waals surface area contributed by atoms with Crippen LogP contribution < -0.4 is 5.73 Å². The molecule has 0 saturated heterocycles. The summed E-state index contributed by atoms with van der Waals surface area (Å²) >= 11 is 0. The number of carbonyl (C=O) groups is 1. The van der Waals surface area contributed by atoms with Gasteiger partial charge in [0.2, 0.25) is 5.88 Å². The van der Waals surface area contributed by atoms with Crippen LogP contribution in [0.25, 0.3) is 22.2 Å². The van der Waals surface area contributed by atoms with Crippen LogP contribution in [0.15, 0.2) is 35.0 Å². The SMILES string of the molecule is COC(=O)c1c(-c2c[nH]c3ccccc23)noc1N. The van der Waals surface area contributed by atoms with Gasteiger partial charge in [-0.1, -0.05) is 23.4 Å². The Labute approximate surface area is 108 Å². The molecule has 2 aromatic heterocycles. The number of methoxy groups -OCH3 is 1. The molecule has 3 aromatic rings. The smallest absolute Gasteiger partial charge is 0.345 e. The normalized spacial score (nSPS) is 10.8. The number of nitrogens with one attached hydrogen (secondary N) is 1. The average Bonchev–Trinajstić information content (AvgIpc) is 3.01. The van der Waals surface area contributed by atoms with Crippen molar-refractivity contribution in [2.45, 2.75) is 0 Å². The Hall–Kier alpha value is -2.76. The third-order valence-corrected chi connectivity index (χ3v) is 2.95. The van der Waals surface area contributed by atoms with Crippen LogP contribution in [0.1, 0.15) is 10.4 Å². The van der Waals surface area contributed by atoms with Crippen molar-refractivity contribution in [3.8, 4) is 11.3 Å². The summed E-state index contributed by atoms with van der Waals surface area (Å²) in [5.41, 5.74) is 7.84. The van der Waals surface area contributed by atoms with Crippen molar-refractivity contribution in [2.24, 2.45) is 0 Å². The van der Waals surface area contributed by atoms with Crippen molar-refractivity contribution in [1.29, 1.82) is 0 Å². The van der Waals surface area contributed by atoms with Crippen LogP contribution in [0.2, 0.25) is 0 Å². The fourth-order valence-corrected chi connectivity index (χ4v) is 2.05. The van der Waals surface area contributed by atoms with E-state index in [1.807, 2.05) is 24.3 Å². The highest BCUT2D eigenvalue weighted by atomic mass is 16.5. The maximum atomic E-state index is 11.7. The number of nitrogens with zero attached hydrogens (tertiary/aromatic N) is 1. The van der Waals surface area contributed by atoms with Crippen molar-refractivity contribution in [3.05, 3.63) is 36.0 Å². The van der Waals surface area contributed by atoms with Gasteiger partial charge in [-0.15, -0.1) is 0 Å². The first-order valence-corrected chi connectivity index (χ1v) is 5.62. The van der Waals surface area contributed by atoms with Gasteiger partial charge in [0, 0.05) is 22.7 Å². The number of ether oxygens (including phenoxy) is 1. The highest BCUT2D eigenvalue weighted by molar-refractivity contribution is 6.05. The lowest BCUT2D eigenvalue weighted by molar-refractivity contribution is 0.0602. The molecule has 0 bridgehead atoms. The summed E-state index contributed by atoms with van der Waals surface area (Å²) in [5, 5.41) is 4.79. The summed E-state index contributed by atoms with van der Waals surface area (Å²) < 4.78 is 9.60. The highest BCUT2D eigenvalue weighted by Crippen LogP contribution is 2.32. The number of carbonyl (C=O) groups excluding carboxylic acids is 1. The van der Waals surface area contributed by atoms with Crippen molar-refractivity contribution in [1.82, 2.24) is 10.1 Å². The van der Waals surface area contributed by atoms with Crippen LogP contribution >= 0.6 is 0 Å². The number of nitrogens with two attached hydrogens (primary N) is 1. The number of H-pyrrole nitrogens is 1. The second-order valence-corrected chi connectivity index (χ2v) is 4.01. The van der Waals surface area contributed by atoms with Crippen molar-refractivity contribution in [2.75, 3.05) is 12.8 Å². The number of para-hydroxylation sites is 1. The van der Waals surface area contributed by atoms with Gasteiger partial charge < -0.3 is 20.0 Å². The first kappa shape index (κ1) is 11.3. The van der Waals surface area contributed by atoms with E-state index in [2.05, 4.69) is 10.1 Å². The van der Waals surface area contributed by atoms with Gasteiger partial charge in [-0.3, -0.25) is 0 Å². The quantitative estimate of drug-likeness (QED) is 0.686. The summed E-state index contributed by atoms with van der Waals surface area (Å²) in [7, 11) is 1.29. The number of benzene rings is 1. The molecule has 6 heteroatoms. The minimum Gasteiger partial charge on any atom is -0.465 e. The highest BCUT2D eigenvalue weighted by Gasteiger charge is 2.24.